The fraction of sp³-hybridized carbons (Fsp3) is 0.517. The van der Waals surface area contributed by atoms with E-state index in [0.29, 0.717) is 54.9 Å². The number of amides is 3. The number of carbonyl (C=O) groups excluding carboxylic acids is 2. The number of carbonyl (C=O) groups is 2. The van der Waals surface area contributed by atoms with E-state index < -0.39 is 0 Å². The van der Waals surface area contributed by atoms with Crippen LogP contribution in [0.3, 0.4) is 0 Å². The molecule has 0 radical (unpaired) electrons. The summed E-state index contributed by atoms with van der Waals surface area (Å²) >= 11 is 13.4. The van der Waals surface area contributed by atoms with Gasteiger partial charge in [0.05, 0.1) is 26.5 Å². The molecule has 4 heterocycles. The Hall–Kier alpha value is -3.28. The van der Waals surface area contributed by atoms with Crippen LogP contribution in [-0.2, 0) is 11.3 Å². The zero-order valence-corrected chi connectivity index (χ0v) is 25.7. The molecule has 5 rings (SSSR count). The lowest BCUT2D eigenvalue weighted by molar-refractivity contribution is -0.127. The number of hydrogen-bond acceptors (Lipinski definition) is 8. The number of nitrogens with zero attached hydrogens (tertiary/aromatic N) is 6. The normalized spacial score (nSPS) is 18.4. The van der Waals surface area contributed by atoms with Gasteiger partial charge in [0.2, 0.25) is 11.9 Å². The van der Waals surface area contributed by atoms with Crippen molar-refractivity contribution in [3.63, 3.8) is 0 Å². The fourth-order valence-corrected chi connectivity index (χ4v) is 6.51. The highest BCUT2D eigenvalue weighted by molar-refractivity contribution is 6.42. The van der Waals surface area contributed by atoms with E-state index in [2.05, 4.69) is 20.2 Å². The Balaban J connectivity index is 1.38. The first-order chi connectivity index (χ1) is 20.4. The van der Waals surface area contributed by atoms with Crippen molar-refractivity contribution in [2.75, 3.05) is 69.1 Å². The predicted molar refractivity (Wildman–Crippen MR) is 164 cm³/mol. The molecule has 0 saturated carbocycles. The molecule has 0 aliphatic carbocycles. The van der Waals surface area contributed by atoms with E-state index in [4.69, 9.17) is 32.7 Å². The maximum Gasteiger partial charge on any atom is 0.330 e. The summed E-state index contributed by atoms with van der Waals surface area (Å²) in [6.45, 7) is 4.17. The monoisotopic (exact) mass is 617 g/mol. The minimum absolute atomic E-state index is 0.000657. The van der Waals surface area contributed by atoms with Crippen molar-refractivity contribution in [3.05, 3.63) is 40.0 Å². The Kier molecular flexibility index (Phi) is 9.60. The molecule has 3 amide bonds. The fourth-order valence-electron chi connectivity index (χ4n) is 5.80. The van der Waals surface area contributed by atoms with E-state index in [0.717, 1.165) is 25.2 Å². The van der Waals surface area contributed by atoms with E-state index in [1.165, 1.54) is 38.4 Å². The molecule has 42 heavy (non-hydrogen) atoms. The van der Waals surface area contributed by atoms with Crippen LogP contribution >= 0.6 is 23.2 Å². The molecule has 1 N–H and O–H groups in total. The number of benzene rings is 1. The Morgan fingerprint density at radius 3 is 2.36 bits per heavy atom. The molecule has 226 valence electrons. The highest BCUT2D eigenvalue weighted by Crippen LogP contribution is 2.48. The molecule has 11 nitrogen and oxygen atoms in total. The number of aromatic nitrogens is 2. The molecule has 13 heteroatoms. The highest BCUT2D eigenvalue weighted by atomic mass is 35.5. The molecular formula is C29H37Cl2N7O4. The highest BCUT2D eigenvalue weighted by Gasteiger charge is 2.41. The zero-order valence-electron chi connectivity index (χ0n) is 24.2. The average molecular weight is 619 g/mol. The van der Waals surface area contributed by atoms with Crippen LogP contribution in [0.15, 0.2) is 24.4 Å². The van der Waals surface area contributed by atoms with Crippen molar-refractivity contribution in [1.82, 2.24) is 19.8 Å². The van der Waals surface area contributed by atoms with Crippen LogP contribution < -0.4 is 24.6 Å². The van der Waals surface area contributed by atoms with E-state index in [9.17, 15) is 9.59 Å². The van der Waals surface area contributed by atoms with Crippen LogP contribution in [0.25, 0.3) is 0 Å². The van der Waals surface area contributed by atoms with E-state index in [1.807, 2.05) is 11.0 Å². The number of methoxy groups -OCH3 is 2. The number of hydrogen-bond donors (Lipinski definition) is 1. The van der Waals surface area contributed by atoms with Gasteiger partial charge < -0.3 is 19.7 Å². The topological polar surface area (TPSA) is 103 Å². The van der Waals surface area contributed by atoms with Gasteiger partial charge in [0.1, 0.15) is 27.4 Å². The van der Waals surface area contributed by atoms with E-state index in [-0.39, 0.29) is 34.6 Å². The van der Waals surface area contributed by atoms with Gasteiger partial charge in [0.15, 0.2) is 0 Å². The Morgan fingerprint density at radius 1 is 1.07 bits per heavy atom. The van der Waals surface area contributed by atoms with Crippen molar-refractivity contribution >= 4 is 52.6 Å². The second kappa shape index (κ2) is 13.4. The summed E-state index contributed by atoms with van der Waals surface area (Å²) in [6.07, 6.45) is 10.3. The molecule has 0 spiro atoms. The molecule has 3 aliphatic heterocycles. The summed E-state index contributed by atoms with van der Waals surface area (Å²) in [7, 11) is 4.71. The van der Waals surface area contributed by atoms with Crippen molar-refractivity contribution < 1.29 is 19.1 Å². The molecule has 2 saturated heterocycles. The third-order valence-electron chi connectivity index (χ3n) is 8.09. The van der Waals surface area contributed by atoms with Gasteiger partial charge in [-0.05, 0) is 38.8 Å². The minimum atomic E-state index is -0.325. The van der Waals surface area contributed by atoms with Gasteiger partial charge in [-0.3, -0.25) is 19.5 Å². The Labute approximate surface area is 256 Å². The van der Waals surface area contributed by atoms with Crippen LogP contribution in [0.4, 0.5) is 22.2 Å². The van der Waals surface area contributed by atoms with Gasteiger partial charge >= 0.3 is 6.03 Å². The average Bonchev–Trinajstić information content (AvgIpc) is 3.02. The number of urea groups is 1. The van der Waals surface area contributed by atoms with Crippen LogP contribution in [0.1, 0.15) is 37.7 Å². The van der Waals surface area contributed by atoms with Gasteiger partial charge in [-0.15, -0.1) is 0 Å². The molecule has 2 aromatic rings. The van der Waals surface area contributed by atoms with Crippen LogP contribution in [0, 0.1) is 0 Å². The number of likely N-dealkylation sites (tertiary alicyclic amines) is 2. The lowest BCUT2D eigenvalue weighted by Crippen LogP contribution is -2.55. The number of piperidine rings is 2. The summed E-state index contributed by atoms with van der Waals surface area (Å²) in [5.41, 5.74) is 1.03. The summed E-state index contributed by atoms with van der Waals surface area (Å²) < 4.78 is 10.9. The smallest absolute Gasteiger partial charge is 0.330 e. The molecule has 1 aromatic carbocycles. The first-order valence-corrected chi connectivity index (χ1v) is 15.0. The number of rotatable bonds is 8. The molecule has 2 fully saturated rings. The SMILES string of the molecule is CNc1ncc2c(n1)N(C1CCN(C(=O)/C=C/CN3CCCCC3)CC1)C(=O)N(c1c(Cl)c(OC)cc(OC)c1Cl)C2. The van der Waals surface area contributed by atoms with Crippen LogP contribution in [-0.4, -0.2) is 91.7 Å². The van der Waals surface area contributed by atoms with E-state index >= 15 is 0 Å². The number of fused-ring (bicyclic) bond motifs is 1. The first-order valence-electron chi connectivity index (χ1n) is 14.3. The van der Waals surface area contributed by atoms with Crippen LogP contribution in [0.5, 0.6) is 11.5 Å². The number of anilines is 3. The second-order valence-corrected chi connectivity index (χ2v) is 11.4. The number of ether oxygens (including phenoxy) is 2. The third-order valence-corrected chi connectivity index (χ3v) is 8.82. The van der Waals surface area contributed by atoms with Crippen molar-refractivity contribution in [2.45, 2.75) is 44.7 Å². The molecule has 0 unspecified atom stereocenters. The first kappa shape index (κ1) is 30.2. The standard InChI is InChI=1S/C29H37Cl2N7O4/c1-32-28-33-17-19-18-37(26-24(30)21(41-2)16-22(42-3)25(26)31)29(40)38(27(19)34-28)20-9-14-36(15-10-20)23(39)8-7-13-35-11-5-4-6-12-35/h7-8,16-17,20H,4-6,9-15,18H2,1-3H3,(H,32,33,34)/b8-7+. The molecule has 0 bridgehead atoms. The summed E-state index contributed by atoms with van der Waals surface area (Å²) in [5.74, 6) is 1.61. The summed E-state index contributed by atoms with van der Waals surface area (Å²) in [5, 5.41) is 3.36. The number of halogens is 2. The van der Waals surface area contributed by atoms with Gasteiger partial charge in [-0.25, -0.2) is 9.78 Å². The van der Waals surface area contributed by atoms with Gasteiger partial charge in [-0.1, -0.05) is 35.7 Å². The lowest BCUT2D eigenvalue weighted by atomic mass is 10.0. The maximum atomic E-state index is 14.3. The second-order valence-electron chi connectivity index (χ2n) is 10.6. The molecule has 3 aliphatic rings. The van der Waals surface area contributed by atoms with Crippen molar-refractivity contribution in [3.8, 4) is 11.5 Å². The van der Waals surface area contributed by atoms with Gasteiger partial charge in [0, 0.05) is 56.6 Å². The number of nitrogens with one attached hydrogen (secondary N) is 1. The molecule has 1 aromatic heterocycles. The maximum absolute atomic E-state index is 14.3. The van der Waals surface area contributed by atoms with Crippen molar-refractivity contribution in [1.29, 1.82) is 0 Å². The predicted octanol–water partition coefficient (Wildman–Crippen LogP) is 4.82. The third kappa shape index (κ3) is 6.09. The Bertz CT molecular complexity index is 1320. The zero-order chi connectivity index (χ0) is 29.8. The van der Waals surface area contributed by atoms with Gasteiger partial charge in [0.25, 0.3) is 0 Å². The van der Waals surface area contributed by atoms with Gasteiger partial charge in [-0.2, -0.15) is 4.98 Å². The van der Waals surface area contributed by atoms with E-state index in [1.54, 1.807) is 30.3 Å². The largest absolute Gasteiger partial charge is 0.495 e. The minimum Gasteiger partial charge on any atom is -0.495 e. The summed E-state index contributed by atoms with van der Waals surface area (Å²) in [4.78, 5) is 43.7. The van der Waals surface area contributed by atoms with Crippen molar-refractivity contribution in [2.24, 2.45) is 0 Å². The Morgan fingerprint density at radius 2 is 1.74 bits per heavy atom. The summed E-state index contributed by atoms with van der Waals surface area (Å²) in [6, 6.07) is 1.06. The molecule has 0 atom stereocenters. The molecular weight excluding hydrogens is 581 g/mol. The van der Waals surface area contributed by atoms with Crippen LogP contribution in [0.2, 0.25) is 10.0 Å². The lowest BCUT2D eigenvalue weighted by Gasteiger charge is -2.43. The quantitative estimate of drug-likeness (QED) is 0.420.